The second-order valence-electron chi connectivity index (χ2n) is 2.67. The van der Waals surface area contributed by atoms with Crippen molar-refractivity contribution < 1.29 is 9.53 Å². The average Bonchev–Trinajstić information content (AvgIpc) is 2.15. The molecule has 0 bridgehead atoms. The summed E-state index contributed by atoms with van der Waals surface area (Å²) >= 11 is 0. The molecular formula is C10H12NO2. The van der Waals surface area contributed by atoms with Gasteiger partial charge in [0.25, 0.3) is 5.91 Å². The lowest BCUT2D eigenvalue weighted by atomic mass is 10.2. The smallest absolute Gasteiger partial charge is 0.273 e. The zero-order valence-electron chi connectivity index (χ0n) is 7.54. The summed E-state index contributed by atoms with van der Waals surface area (Å²) in [5, 5.41) is 0. The fourth-order valence-corrected chi connectivity index (χ4v) is 0.992. The number of nitrogens with one attached hydrogen (secondary N) is 1. The molecule has 0 unspecified atom stereocenters. The standard InChI is InChI=1S/C10H12NO2/c1-2-7-13-9-6-4-3-5-8(9)10(11)12/h3-6,11H,2,7H2,1H3. The molecule has 0 aliphatic heterocycles. The summed E-state index contributed by atoms with van der Waals surface area (Å²) in [4.78, 5) is 10.8. The Morgan fingerprint density at radius 1 is 1.46 bits per heavy atom. The summed E-state index contributed by atoms with van der Waals surface area (Å²) in [7, 11) is 0. The zero-order chi connectivity index (χ0) is 9.68. The first kappa shape index (κ1) is 9.58. The van der Waals surface area contributed by atoms with Crippen LogP contribution in [0.25, 0.3) is 0 Å². The number of amides is 1. The van der Waals surface area contributed by atoms with Crippen molar-refractivity contribution in [2.45, 2.75) is 13.3 Å². The molecule has 69 valence electrons. The second-order valence-corrected chi connectivity index (χ2v) is 2.67. The number of ether oxygens (including phenoxy) is 1. The van der Waals surface area contributed by atoms with E-state index in [0.717, 1.165) is 6.42 Å². The highest BCUT2D eigenvalue weighted by molar-refractivity contribution is 5.94. The number of carbonyl (C=O) groups is 1. The molecule has 0 spiro atoms. The van der Waals surface area contributed by atoms with E-state index in [0.29, 0.717) is 17.9 Å². The van der Waals surface area contributed by atoms with Crippen LogP contribution in [-0.2, 0) is 0 Å². The van der Waals surface area contributed by atoms with Crippen LogP contribution in [0, 0.1) is 0 Å². The summed E-state index contributed by atoms with van der Waals surface area (Å²) in [6.07, 6.45) is 0.889. The van der Waals surface area contributed by atoms with Gasteiger partial charge < -0.3 is 4.74 Å². The second kappa shape index (κ2) is 4.50. The van der Waals surface area contributed by atoms with Crippen molar-refractivity contribution in [3.8, 4) is 5.75 Å². The normalized spacial score (nSPS) is 9.62. The molecule has 1 radical (unpaired) electrons. The van der Waals surface area contributed by atoms with E-state index >= 15 is 0 Å². The number of hydrogen-bond donors (Lipinski definition) is 0. The Kier molecular flexibility index (Phi) is 3.31. The number of para-hydroxylation sites is 1. The molecule has 0 aromatic heterocycles. The lowest BCUT2D eigenvalue weighted by molar-refractivity contribution is 0.0988. The van der Waals surface area contributed by atoms with Gasteiger partial charge in [0.05, 0.1) is 12.2 Å². The molecule has 1 rings (SSSR count). The van der Waals surface area contributed by atoms with E-state index in [1.54, 1.807) is 24.3 Å². The Labute approximate surface area is 77.5 Å². The van der Waals surface area contributed by atoms with Crippen molar-refractivity contribution in [3.63, 3.8) is 0 Å². The first-order chi connectivity index (χ1) is 6.25. The average molecular weight is 178 g/mol. The molecule has 0 saturated carbocycles. The van der Waals surface area contributed by atoms with Gasteiger partial charge in [0, 0.05) is 0 Å². The molecule has 1 N–H and O–H groups in total. The lowest BCUT2D eigenvalue weighted by Gasteiger charge is -2.06. The van der Waals surface area contributed by atoms with Gasteiger partial charge in [0.1, 0.15) is 5.75 Å². The van der Waals surface area contributed by atoms with Crippen molar-refractivity contribution in [3.05, 3.63) is 29.8 Å². The van der Waals surface area contributed by atoms with E-state index in [-0.39, 0.29) is 0 Å². The van der Waals surface area contributed by atoms with Crippen LogP contribution in [0.3, 0.4) is 0 Å². The third-order valence-corrected chi connectivity index (χ3v) is 1.59. The number of benzene rings is 1. The fourth-order valence-electron chi connectivity index (χ4n) is 0.992. The van der Waals surface area contributed by atoms with Gasteiger partial charge >= 0.3 is 0 Å². The largest absolute Gasteiger partial charge is 0.493 e. The topological polar surface area (TPSA) is 50.1 Å². The molecule has 0 heterocycles. The number of carbonyl (C=O) groups excluding carboxylic acids is 1. The number of hydrogen-bond acceptors (Lipinski definition) is 2. The van der Waals surface area contributed by atoms with Gasteiger partial charge in [-0.3, -0.25) is 10.5 Å². The molecule has 1 aromatic carbocycles. The fraction of sp³-hybridized carbons (Fsp3) is 0.300. The van der Waals surface area contributed by atoms with Gasteiger partial charge in [-0.2, -0.15) is 0 Å². The summed E-state index contributed by atoms with van der Waals surface area (Å²) in [5.74, 6) is -0.198. The Hall–Kier alpha value is -1.51. The van der Waals surface area contributed by atoms with Crippen LogP contribution >= 0.6 is 0 Å². The predicted octanol–water partition coefficient (Wildman–Crippen LogP) is 1.90. The van der Waals surface area contributed by atoms with Gasteiger partial charge in [-0.25, -0.2) is 0 Å². The molecule has 3 heteroatoms. The molecule has 0 aliphatic carbocycles. The van der Waals surface area contributed by atoms with Crippen molar-refractivity contribution >= 4 is 5.91 Å². The van der Waals surface area contributed by atoms with Crippen molar-refractivity contribution in [1.82, 2.24) is 5.73 Å². The van der Waals surface area contributed by atoms with Crippen LogP contribution in [0.5, 0.6) is 5.75 Å². The van der Waals surface area contributed by atoms with E-state index in [1.807, 2.05) is 6.92 Å². The molecule has 0 aliphatic rings. The lowest BCUT2D eigenvalue weighted by Crippen LogP contribution is -2.04. The van der Waals surface area contributed by atoms with Crippen LogP contribution in [0.1, 0.15) is 23.7 Å². The van der Waals surface area contributed by atoms with E-state index in [1.165, 1.54) is 0 Å². The van der Waals surface area contributed by atoms with E-state index in [4.69, 9.17) is 10.5 Å². The number of rotatable bonds is 4. The first-order valence-electron chi connectivity index (χ1n) is 4.23. The van der Waals surface area contributed by atoms with Crippen molar-refractivity contribution in [2.75, 3.05) is 6.61 Å². The van der Waals surface area contributed by atoms with Crippen molar-refractivity contribution in [2.24, 2.45) is 0 Å². The maximum atomic E-state index is 10.8. The third kappa shape index (κ3) is 2.47. The molecule has 0 fully saturated rings. The highest BCUT2D eigenvalue weighted by atomic mass is 16.5. The molecule has 1 amide bonds. The van der Waals surface area contributed by atoms with Gasteiger partial charge in [-0.1, -0.05) is 19.1 Å². The van der Waals surface area contributed by atoms with Gasteiger partial charge in [-0.15, -0.1) is 0 Å². The zero-order valence-corrected chi connectivity index (χ0v) is 7.54. The minimum Gasteiger partial charge on any atom is -0.493 e. The molecule has 0 atom stereocenters. The quantitative estimate of drug-likeness (QED) is 0.707. The van der Waals surface area contributed by atoms with Gasteiger partial charge in [0.2, 0.25) is 0 Å². The maximum absolute atomic E-state index is 10.8. The maximum Gasteiger partial charge on any atom is 0.273 e. The highest BCUT2D eigenvalue weighted by Gasteiger charge is 2.07. The van der Waals surface area contributed by atoms with Crippen LogP contribution in [0.4, 0.5) is 0 Å². The van der Waals surface area contributed by atoms with Gasteiger partial charge in [0.15, 0.2) is 0 Å². The van der Waals surface area contributed by atoms with E-state index < -0.39 is 5.91 Å². The highest BCUT2D eigenvalue weighted by Crippen LogP contribution is 2.17. The van der Waals surface area contributed by atoms with Gasteiger partial charge in [-0.05, 0) is 18.6 Å². The Morgan fingerprint density at radius 3 is 2.77 bits per heavy atom. The Balaban J connectivity index is 2.84. The summed E-state index contributed by atoms with van der Waals surface area (Å²) in [6, 6.07) is 6.82. The molecule has 0 saturated heterocycles. The molecular weight excluding hydrogens is 166 g/mol. The van der Waals surface area contributed by atoms with Crippen LogP contribution in [-0.4, -0.2) is 12.5 Å². The Bertz CT molecular complexity index is 297. The van der Waals surface area contributed by atoms with Crippen LogP contribution in [0.15, 0.2) is 24.3 Å². The van der Waals surface area contributed by atoms with E-state index in [9.17, 15) is 4.79 Å². The molecule has 1 aromatic rings. The van der Waals surface area contributed by atoms with E-state index in [2.05, 4.69) is 0 Å². The minimum absolute atomic E-state index is 0.330. The Morgan fingerprint density at radius 2 is 2.15 bits per heavy atom. The van der Waals surface area contributed by atoms with Crippen LogP contribution < -0.4 is 10.5 Å². The monoisotopic (exact) mass is 178 g/mol. The summed E-state index contributed by atoms with van der Waals surface area (Å²) < 4.78 is 5.31. The van der Waals surface area contributed by atoms with Crippen molar-refractivity contribution in [1.29, 1.82) is 0 Å². The first-order valence-corrected chi connectivity index (χ1v) is 4.23. The van der Waals surface area contributed by atoms with Crippen LogP contribution in [0.2, 0.25) is 0 Å². The minimum atomic E-state index is -0.702. The predicted molar refractivity (Wildman–Crippen MR) is 49.7 cm³/mol. The summed E-state index contributed by atoms with van der Waals surface area (Å²) in [5.41, 5.74) is 7.31. The third-order valence-electron chi connectivity index (χ3n) is 1.59. The molecule has 3 nitrogen and oxygen atoms in total. The molecule has 13 heavy (non-hydrogen) atoms. The summed E-state index contributed by atoms with van der Waals surface area (Å²) in [6.45, 7) is 2.56. The SMILES string of the molecule is CCCOc1ccccc1C([NH])=O.